The van der Waals surface area contributed by atoms with E-state index >= 15 is 0 Å². The largest absolute Gasteiger partial charge is 0.464 e. The van der Waals surface area contributed by atoms with Gasteiger partial charge in [0.15, 0.2) is 5.69 Å². The van der Waals surface area contributed by atoms with Crippen LogP contribution in [0.1, 0.15) is 10.5 Å². The molecule has 2 rings (SSSR count). The minimum atomic E-state index is -0.490. The standard InChI is InChI=1S/C12H21N5O2/c1-15-3-5-16(6-4-15)7-8-17-9-10(13)11(14-17)12(18)19-2/h9H,3-8,13H2,1-2H3. The van der Waals surface area contributed by atoms with Gasteiger partial charge in [-0.2, -0.15) is 5.10 Å². The number of hydrogen-bond acceptors (Lipinski definition) is 6. The van der Waals surface area contributed by atoms with Crippen LogP contribution in [0.2, 0.25) is 0 Å². The van der Waals surface area contributed by atoms with E-state index in [2.05, 4.69) is 26.7 Å². The van der Waals surface area contributed by atoms with E-state index in [0.29, 0.717) is 5.69 Å². The van der Waals surface area contributed by atoms with Gasteiger partial charge in [0.05, 0.1) is 19.3 Å². The molecule has 0 aliphatic carbocycles. The van der Waals surface area contributed by atoms with Gasteiger partial charge in [0, 0.05) is 38.9 Å². The van der Waals surface area contributed by atoms with E-state index in [1.807, 2.05) is 0 Å². The molecule has 0 bridgehead atoms. The van der Waals surface area contributed by atoms with E-state index in [0.717, 1.165) is 39.3 Å². The lowest BCUT2D eigenvalue weighted by molar-refractivity contribution is 0.0594. The Balaban J connectivity index is 1.88. The second-order valence-corrected chi connectivity index (χ2v) is 4.83. The molecule has 0 saturated carbocycles. The molecule has 0 radical (unpaired) electrons. The molecule has 1 fully saturated rings. The third-order valence-corrected chi connectivity index (χ3v) is 3.41. The lowest BCUT2D eigenvalue weighted by Crippen LogP contribution is -2.45. The number of anilines is 1. The summed E-state index contributed by atoms with van der Waals surface area (Å²) in [6, 6.07) is 0. The summed E-state index contributed by atoms with van der Waals surface area (Å²) in [6.07, 6.45) is 1.68. The normalized spacial score (nSPS) is 17.6. The Morgan fingerprint density at radius 2 is 2.05 bits per heavy atom. The highest BCUT2D eigenvalue weighted by atomic mass is 16.5. The van der Waals surface area contributed by atoms with Crippen LogP contribution >= 0.6 is 0 Å². The number of ether oxygens (including phenoxy) is 1. The fourth-order valence-electron chi connectivity index (χ4n) is 2.12. The molecular weight excluding hydrogens is 246 g/mol. The van der Waals surface area contributed by atoms with Crippen molar-refractivity contribution in [3.05, 3.63) is 11.9 Å². The number of hydrogen-bond donors (Lipinski definition) is 1. The van der Waals surface area contributed by atoms with Crippen molar-refractivity contribution in [2.45, 2.75) is 6.54 Å². The number of carbonyl (C=O) groups excluding carboxylic acids is 1. The Labute approximate surface area is 112 Å². The molecule has 106 valence electrons. The highest BCUT2D eigenvalue weighted by Gasteiger charge is 2.17. The van der Waals surface area contributed by atoms with Crippen LogP contribution in [0.25, 0.3) is 0 Å². The second-order valence-electron chi connectivity index (χ2n) is 4.83. The summed E-state index contributed by atoms with van der Waals surface area (Å²) in [5, 5.41) is 4.16. The highest BCUT2D eigenvalue weighted by Crippen LogP contribution is 2.10. The van der Waals surface area contributed by atoms with Crippen molar-refractivity contribution in [1.29, 1.82) is 0 Å². The van der Waals surface area contributed by atoms with Gasteiger partial charge in [-0.3, -0.25) is 9.58 Å². The van der Waals surface area contributed by atoms with Gasteiger partial charge in [0.2, 0.25) is 0 Å². The number of nitrogens with two attached hydrogens (primary N) is 1. The predicted octanol–water partition coefficient (Wildman–Crippen LogP) is -0.501. The smallest absolute Gasteiger partial charge is 0.360 e. The molecule has 7 nitrogen and oxygen atoms in total. The maximum Gasteiger partial charge on any atom is 0.360 e. The summed E-state index contributed by atoms with van der Waals surface area (Å²) < 4.78 is 6.33. The number of piperazine rings is 1. The van der Waals surface area contributed by atoms with Crippen molar-refractivity contribution >= 4 is 11.7 Å². The van der Waals surface area contributed by atoms with Gasteiger partial charge in [0.1, 0.15) is 0 Å². The first-order valence-electron chi connectivity index (χ1n) is 6.42. The molecule has 0 amide bonds. The zero-order valence-electron chi connectivity index (χ0n) is 11.5. The van der Waals surface area contributed by atoms with Crippen molar-refractivity contribution in [2.75, 3.05) is 52.6 Å². The van der Waals surface area contributed by atoms with Crippen LogP contribution in [0.3, 0.4) is 0 Å². The van der Waals surface area contributed by atoms with Crippen LogP contribution in [-0.2, 0) is 11.3 Å². The van der Waals surface area contributed by atoms with Crippen molar-refractivity contribution < 1.29 is 9.53 Å². The lowest BCUT2D eigenvalue weighted by Gasteiger charge is -2.32. The van der Waals surface area contributed by atoms with Gasteiger partial charge in [-0.05, 0) is 7.05 Å². The van der Waals surface area contributed by atoms with Gasteiger partial charge in [-0.25, -0.2) is 4.79 Å². The molecule has 1 saturated heterocycles. The number of esters is 1. The average Bonchev–Trinajstić information content (AvgIpc) is 2.78. The first-order chi connectivity index (χ1) is 9.10. The first kappa shape index (κ1) is 13.8. The van der Waals surface area contributed by atoms with Crippen molar-refractivity contribution in [2.24, 2.45) is 0 Å². The number of aromatic nitrogens is 2. The Bertz CT molecular complexity index is 437. The molecular formula is C12H21N5O2. The van der Waals surface area contributed by atoms with Gasteiger partial charge < -0.3 is 15.4 Å². The molecule has 1 aromatic rings. The Hall–Kier alpha value is -1.60. The molecule has 7 heteroatoms. The number of carbonyl (C=O) groups is 1. The molecule has 0 atom stereocenters. The van der Waals surface area contributed by atoms with E-state index in [1.54, 1.807) is 10.9 Å². The van der Waals surface area contributed by atoms with Crippen LogP contribution in [0, 0.1) is 0 Å². The first-order valence-corrected chi connectivity index (χ1v) is 6.42. The zero-order valence-corrected chi connectivity index (χ0v) is 11.5. The summed E-state index contributed by atoms with van der Waals surface area (Å²) in [5.74, 6) is -0.490. The maximum absolute atomic E-state index is 11.4. The van der Waals surface area contributed by atoms with Crippen LogP contribution in [0.4, 0.5) is 5.69 Å². The highest BCUT2D eigenvalue weighted by molar-refractivity contribution is 5.92. The summed E-state index contributed by atoms with van der Waals surface area (Å²) >= 11 is 0. The monoisotopic (exact) mass is 267 g/mol. The zero-order chi connectivity index (χ0) is 13.8. The van der Waals surface area contributed by atoms with Crippen LogP contribution in [0.15, 0.2) is 6.20 Å². The molecule has 0 unspecified atom stereocenters. The van der Waals surface area contributed by atoms with E-state index in [9.17, 15) is 4.79 Å². The minimum absolute atomic E-state index is 0.195. The van der Waals surface area contributed by atoms with Crippen LogP contribution in [0.5, 0.6) is 0 Å². The van der Waals surface area contributed by atoms with E-state index in [4.69, 9.17) is 5.73 Å². The van der Waals surface area contributed by atoms with E-state index < -0.39 is 5.97 Å². The quantitative estimate of drug-likeness (QED) is 0.741. The molecule has 2 N–H and O–H groups in total. The second kappa shape index (κ2) is 6.03. The van der Waals surface area contributed by atoms with E-state index in [1.165, 1.54) is 7.11 Å². The summed E-state index contributed by atoms with van der Waals surface area (Å²) in [7, 11) is 3.46. The molecule has 1 aromatic heterocycles. The third kappa shape index (κ3) is 3.45. The van der Waals surface area contributed by atoms with Gasteiger partial charge >= 0.3 is 5.97 Å². The SMILES string of the molecule is COC(=O)c1nn(CCN2CCN(C)CC2)cc1N. The van der Waals surface area contributed by atoms with Crippen LogP contribution in [-0.4, -0.2) is 72.4 Å². The van der Waals surface area contributed by atoms with E-state index in [-0.39, 0.29) is 5.69 Å². The number of nitrogen functional groups attached to an aromatic ring is 1. The van der Waals surface area contributed by atoms with Gasteiger partial charge in [-0.15, -0.1) is 0 Å². The van der Waals surface area contributed by atoms with Crippen molar-refractivity contribution in [3.8, 4) is 0 Å². The summed E-state index contributed by atoms with van der Waals surface area (Å²) in [6.45, 7) is 5.96. The summed E-state index contributed by atoms with van der Waals surface area (Å²) in [4.78, 5) is 16.1. The van der Waals surface area contributed by atoms with Crippen molar-refractivity contribution in [1.82, 2.24) is 19.6 Å². The van der Waals surface area contributed by atoms with Gasteiger partial charge in [0.25, 0.3) is 0 Å². The lowest BCUT2D eigenvalue weighted by atomic mass is 10.3. The average molecular weight is 267 g/mol. The molecule has 0 spiro atoms. The summed E-state index contributed by atoms with van der Waals surface area (Å²) in [5.41, 5.74) is 6.30. The maximum atomic E-state index is 11.4. The molecule has 1 aliphatic rings. The number of rotatable bonds is 4. The topological polar surface area (TPSA) is 76.6 Å². The number of nitrogens with zero attached hydrogens (tertiary/aromatic N) is 4. The Morgan fingerprint density at radius 3 is 2.68 bits per heavy atom. The third-order valence-electron chi connectivity index (χ3n) is 3.41. The molecule has 1 aliphatic heterocycles. The molecule has 2 heterocycles. The number of likely N-dealkylation sites (N-methyl/N-ethyl adjacent to an activating group) is 1. The van der Waals surface area contributed by atoms with Crippen LogP contribution < -0.4 is 5.73 Å². The number of methoxy groups -OCH3 is 1. The predicted molar refractivity (Wildman–Crippen MR) is 71.9 cm³/mol. The minimum Gasteiger partial charge on any atom is -0.464 e. The fourth-order valence-corrected chi connectivity index (χ4v) is 2.12. The molecule has 0 aromatic carbocycles. The van der Waals surface area contributed by atoms with Crippen molar-refractivity contribution in [3.63, 3.8) is 0 Å². The fraction of sp³-hybridized carbons (Fsp3) is 0.667. The molecule has 19 heavy (non-hydrogen) atoms. The van der Waals surface area contributed by atoms with Gasteiger partial charge in [-0.1, -0.05) is 0 Å². The Morgan fingerprint density at radius 1 is 1.37 bits per heavy atom. The Kier molecular flexibility index (Phi) is 4.39.